The molecule has 0 spiro atoms. The monoisotopic (exact) mass is 250 g/mol. The highest BCUT2D eigenvalue weighted by Crippen LogP contribution is 2.28. The molecule has 2 saturated heterocycles. The standard InChI is InChI=1S/C13H18N2O3/c1-17-13(16)11-2-3-18-12(11)8-15-6-9-4-14-5-10(9)7-15/h2-3,9-10,14H,4-8H2,1H3/t9-,10+. The number of furan rings is 1. The summed E-state index contributed by atoms with van der Waals surface area (Å²) < 4.78 is 10.2. The Labute approximate surface area is 106 Å². The number of hydrogen-bond donors (Lipinski definition) is 1. The van der Waals surface area contributed by atoms with Gasteiger partial charge < -0.3 is 14.5 Å². The summed E-state index contributed by atoms with van der Waals surface area (Å²) in [6.07, 6.45) is 1.56. The molecule has 1 N–H and O–H groups in total. The molecular weight excluding hydrogens is 232 g/mol. The van der Waals surface area contributed by atoms with E-state index in [1.54, 1.807) is 12.3 Å². The number of hydrogen-bond acceptors (Lipinski definition) is 5. The molecule has 5 nitrogen and oxygen atoms in total. The van der Waals surface area contributed by atoms with Gasteiger partial charge in [0, 0.05) is 13.1 Å². The van der Waals surface area contributed by atoms with E-state index in [2.05, 4.69) is 10.2 Å². The molecule has 0 bridgehead atoms. The van der Waals surface area contributed by atoms with Crippen LogP contribution < -0.4 is 5.32 Å². The highest BCUT2D eigenvalue weighted by molar-refractivity contribution is 5.90. The molecule has 98 valence electrons. The van der Waals surface area contributed by atoms with Gasteiger partial charge in [-0.05, 0) is 31.0 Å². The topological polar surface area (TPSA) is 54.7 Å². The number of nitrogens with one attached hydrogen (secondary N) is 1. The van der Waals surface area contributed by atoms with Gasteiger partial charge in [-0.1, -0.05) is 0 Å². The average Bonchev–Trinajstić information content (AvgIpc) is 3.03. The lowest BCUT2D eigenvalue weighted by atomic mass is 10.0. The van der Waals surface area contributed by atoms with Gasteiger partial charge in [-0.15, -0.1) is 0 Å². The molecule has 0 unspecified atom stereocenters. The second-order valence-electron chi connectivity index (χ2n) is 5.12. The zero-order chi connectivity index (χ0) is 12.5. The number of likely N-dealkylation sites (tertiary alicyclic amines) is 1. The summed E-state index contributed by atoms with van der Waals surface area (Å²) in [5.74, 6) is 1.90. The molecule has 1 aromatic heterocycles. The van der Waals surface area contributed by atoms with E-state index in [1.807, 2.05) is 0 Å². The minimum atomic E-state index is -0.320. The fourth-order valence-electron chi connectivity index (χ4n) is 3.04. The van der Waals surface area contributed by atoms with Crippen molar-refractivity contribution in [3.63, 3.8) is 0 Å². The molecule has 5 heteroatoms. The van der Waals surface area contributed by atoms with E-state index >= 15 is 0 Å². The van der Waals surface area contributed by atoms with Gasteiger partial charge in [0.2, 0.25) is 0 Å². The summed E-state index contributed by atoms with van der Waals surface area (Å²) in [5, 5.41) is 3.42. The number of ether oxygens (including phenoxy) is 1. The molecule has 2 atom stereocenters. The van der Waals surface area contributed by atoms with Crippen molar-refractivity contribution in [2.45, 2.75) is 6.54 Å². The summed E-state index contributed by atoms with van der Waals surface area (Å²) in [4.78, 5) is 13.9. The molecule has 3 rings (SSSR count). The molecule has 2 aliphatic heterocycles. The van der Waals surface area contributed by atoms with Crippen molar-refractivity contribution in [1.29, 1.82) is 0 Å². The van der Waals surface area contributed by atoms with Gasteiger partial charge in [0.15, 0.2) is 0 Å². The molecule has 0 amide bonds. The first-order valence-electron chi connectivity index (χ1n) is 6.35. The second kappa shape index (κ2) is 4.74. The Balaban J connectivity index is 1.67. The lowest BCUT2D eigenvalue weighted by molar-refractivity contribution is 0.0596. The average molecular weight is 250 g/mol. The molecular formula is C13H18N2O3. The lowest BCUT2D eigenvalue weighted by Gasteiger charge is -2.15. The maximum Gasteiger partial charge on any atom is 0.341 e. The predicted molar refractivity (Wildman–Crippen MR) is 65.2 cm³/mol. The van der Waals surface area contributed by atoms with E-state index in [0.29, 0.717) is 12.1 Å². The van der Waals surface area contributed by atoms with E-state index in [-0.39, 0.29) is 5.97 Å². The van der Waals surface area contributed by atoms with Crippen LogP contribution in [0.25, 0.3) is 0 Å². The molecule has 3 heterocycles. The summed E-state index contributed by atoms with van der Waals surface area (Å²) >= 11 is 0. The first-order valence-corrected chi connectivity index (χ1v) is 6.35. The molecule has 18 heavy (non-hydrogen) atoms. The minimum Gasteiger partial charge on any atom is -0.467 e. The Morgan fingerprint density at radius 3 is 2.89 bits per heavy atom. The van der Waals surface area contributed by atoms with E-state index in [0.717, 1.165) is 43.8 Å². The summed E-state index contributed by atoms with van der Waals surface area (Å²) in [6, 6.07) is 1.68. The molecule has 1 aromatic rings. The number of rotatable bonds is 3. The number of fused-ring (bicyclic) bond motifs is 1. The fourth-order valence-corrected chi connectivity index (χ4v) is 3.04. The quantitative estimate of drug-likeness (QED) is 0.801. The maximum absolute atomic E-state index is 11.6. The van der Waals surface area contributed by atoms with Crippen molar-refractivity contribution >= 4 is 5.97 Å². The van der Waals surface area contributed by atoms with Gasteiger partial charge in [-0.25, -0.2) is 4.79 Å². The maximum atomic E-state index is 11.6. The van der Waals surface area contributed by atoms with Crippen LogP contribution in [0.3, 0.4) is 0 Å². The van der Waals surface area contributed by atoms with Crippen LogP contribution in [0.1, 0.15) is 16.1 Å². The third-order valence-electron chi connectivity index (χ3n) is 3.98. The Bertz CT molecular complexity index is 431. The van der Waals surface area contributed by atoms with Crippen molar-refractivity contribution in [3.05, 3.63) is 23.7 Å². The molecule has 0 aliphatic carbocycles. The van der Waals surface area contributed by atoms with E-state index < -0.39 is 0 Å². The highest BCUT2D eigenvalue weighted by atomic mass is 16.5. The largest absolute Gasteiger partial charge is 0.467 e. The van der Waals surface area contributed by atoms with Crippen LogP contribution in [-0.2, 0) is 11.3 Å². The zero-order valence-electron chi connectivity index (χ0n) is 10.5. The number of carbonyl (C=O) groups is 1. The van der Waals surface area contributed by atoms with Gasteiger partial charge in [0.1, 0.15) is 11.3 Å². The summed E-state index contributed by atoms with van der Waals surface area (Å²) in [6.45, 7) is 5.09. The number of nitrogens with zero attached hydrogens (tertiary/aromatic N) is 1. The van der Waals surface area contributed by atoms with Gasteiger partial charge in [-0.2, -0.15) is 0 Å². The Hall–Kier alpha value is -1.33. The van der Waals surface area contributed by atoms with Crippen molar-refractivity contribution in [1.82, 2.24) is 10.2 Å². The molecule has 0 radical (unpaired) electrons. The summed E-state index contributed by atoms with van der Waals surface area (Å²) in [7, 11) is 1.39. The first kappa shape index (κ1) is 11.7. The van der Waals surface area contributed by atoms with E-state index in [1.165, 1.54) is 7.11 Å². The van der Waals surface area contributed by atoms with E-state index in [4.69, 9.17) is 9.15 Å². The van der Waals surface area contributed by atoms with Gasteiger partial charge in [-0.3, -0.25) is 4.90 Å². The zero-order valence-corrected chi connectivity index (χ0v) is 10.5. The molecule has 0 aromatic carbocycles. The first-order chi connectivity index (χ1) is 8.78. The van der Waals surface area contributed by atoms with Crippen LogP contribution in [0, 0.1) is 11.8 Å². The van der Waals surface area contributed by atoms with Crippen molar-refractivity contribution in [2.24, 2.45) is 11.8 Å². The lowest BCUT2D eigenvalue weighted by Crippen LogP contribution is -2.25. The van der Waals surface area contributed by atoms with Crippen LogP contribution in [-0.4, -0.2) is 44.2 Å². The van der Waals surface area contributed by atoms with Crippen LogP contribution in [0.2, 0.25) is 0 Å². The summed E-state index contributed by atoms with van der Waals surface area (Å²) in [5.41, 5.74) is 0.549. The van der Waals surface area contributed by atoms with Crippen LogP contribution in [0.5, 0.6) is 0 Å². The Kier molecular flexibility index (Phi) is 3.09. The normalized spacial score (nSPS) is 27.4. The Morgan fingerprint density at radius 2 is 2.22 bits per heavy atom. The number of methoxy groups -OCH3 is 1. The van der Waals surface area contributed by atoms with Gasteiger partial charge >= 0.3 is 5.97 Å². The second-order valence-corrected chi connectivity index (χ2v) is 5.12. The SMILES string of the molecule is COC(=O)c1ccoc1CN1C[C@H]2CNC[C@H]2C1. The predicted octanol–water partition coefficient (Wildman–Crippen LogP) is 0.717. The third kappa shape index (κ3) is 2.04. The fraction of sp³-hybridized carbons (Fsp3) is 0.615. The highest BCUT2D eigenvalue weighted by Gasteiger charge is 2.36. The molecule has 2 aliphatic rings. The number of carbonyl (C=O) groups excluding carboxylic acids is 1. The molecule has 2 fully saturated rings. The Morgan fingerprint density at radius 1 is 1.50 bits per heavy atom. The van der Waals surface area contributed by atoms with Crippen LogP contribution in [0.4, 0.5) is 0 Å². The van der Waals surface area contributed by atoms with Crippen molar-refractivity contribution in [2.75, 3.05) is 33.3 Å². The van der Waals surface area contributed by atoms with Gasteiger partial charge in [0.25, 0.3) is 0 Å². The smallest absolute Gasteiger partial charge is 0.341 e. The van der Waals surface area contributed by atoms with Crippen LogP contribution in [0.15, 0.2) is 16.7 Å². The third-order valence-corrected chi connectivity index (χ3v) is 3.98. The minimum absolute atomic E-state index is 0.320. The van der Waals surface area contributed by atoms with Gasteiger partial charge in [0.05, 0.1) is 19.9 Å². The van der Waals surface area contributed by atoms with E-state index in [9.17, 15) is 4.79 Å². The van der Waals surface area contributed by atoms with Crippen molar-refractivity contribution < 1.29 is 13.9 Å². The van der Waals surface area contributed by atoms with Crippen LogP contribution >= 0.6 is 0 Å². The molecule has 0 saturated carbocycles. The van der Waals surface area contributed by atoms with Crippen molar-refractivity contribution in [3.8, 4) is 0 Å². The number of esters is 1.